The Labute approximate surface area is 87.3 Å². The number of hydrogen-bond acceptors (Lipinski definition) is 4. The van der Waals surface area contributed by atoms with E-state index in [0.717, 1.165) is 6.42 Å². The SMILES string of the molecule is CC1(C)[C@@H](CCn2cnnn2)[C@@H]1C(=O)O. The van der Waals surface area contributed by atoms with Crippen molar-refractivity contribution in [2.75, 3.05) is 0 Å². The summed E-state index contributed by atoms with van der Waals surface area (Å²) >= 11 is 0. The summed E-state index contributed by atoms with van der Waals surface area (Å²) in [5.41, 5.74) is -0.0835. The van der Waals surface area contributed by atoms with Gasteiger partial charge in [0.15, 0.2) is 0 Å². The molecule has 6 nitrogen and oxygen atoms in total. The third-order valence-corrected chi connectivity index (χ3v) is 3.38. The van der Waals surface area contributed by atoms with Crippen LogP contribution in [0.1, 0.15) is 20.3 Å². The molecule has 1 heterocycles. The predicted octanol–water partition coefficient (Wildman–Crippen LogP) is 0.420. The van der Waals surface area contributed by atoms with E-state index in [2.05, 4.69) is 15.5 Å². The van der Waals surface area contributed by atoms with Crippen molar-refractivity contribution in [3.05, 3.63) is 6.33 Å². The van der Waals surface area contributed by atoms with Crippen LogP contribution in [-0.2, 0) is 11.3 Å². The zero-order valence-corrected chi connectivity index (χ0v) is 8.79. The van der Waals surface area contributed by atoms with Gasteiger partial charge in [-0.2, -0.15) is 0 Å². The molecule has 15 heavy (non-hydrogen) atoms. The van der Waals surface area contributed by atoms with E-state index in [1.807, 2.05) is 13.8 Å². The topological polar surface area (TPSA) is 80.9 Å². The van der Waals surface area contributed by atoms with Crippen LogP contribution in [-0.4, -0.2) is 31.3 Å². The number of carboxylic acid groups (broad SMARTS) is 1. The van der Waals surface area contributed by atoms with Gasteiger partial charge < -0.3 is 5.11 Å². The summed E-state index contributed by atoms with van der Waals surface area (Å²) in [5.74, 6) is -0.671. The number of carboxylic acids is 1. The predicted molar refractivity (Wildman–Crippen MR) is 50.8 cm³/mol. The number of tetrazole rings is 1. The molecular weight excluding hydrogens is 196 g/mol. The summed E-state index contributed by atoms with van der Waals surface area (Å²) in [4.78, 5) is 10.9. The van der Waals surface area contributed by atoms with Crippen molar-refractivity contribution in [3.8, 4) is 0 Å². The summed E-state index contributed by atoms with van der Waals surface area (Å²) in [6, 6.07) is 0. The molecule has 1 aliphatic carbocycles. The molecule has 0 aromatic carbocycles. The first kappa shape index (κ1) is 10.1. The van der Waals surface area contributed by atoms with Gasteiger partial charge in [0, 0.05) is 6.54 Å². The molecular formula is C9H14N4O2. The van der Waals surface area contributed by atoms with Crippen molar-refractivity contribution in [1.29, 1.82) is 0 Å². The van der Waals surface area contributed by atoms with Gasteiger partial charge in [-0.1, -0.05) is 13.8 Å². The van der Waals surface area contributed by atoms with Crippen molar-refractivity contribution < 1.29 is 9.90 Å². The van der Waals surface area contributed by atoms with Crippen LogP contribution >= 0.6 is 0 Å². The fourth-order valence-corrected chi connectivity index (χ4v) is 2.33. The molecule has 1 aromatic rings. The minimum atomic E-state index is -0.693. The highest BCUT2D eigenvalue weighted by Gasteiger charge is 2.61. The third kappa shape index (κ3) is 1.71. The molecule has 2 atom stereocenters. The number of carbonyl (C=O) groups is 1. The van der Waals surface area contributed by atoms with Gasteiger partial charge in [0.25, 0.3) is 0 Å². The van der Waals surface area contributed by atoms with Crippen molar-refractivity contribution in [2.24, 2.45) is 17.3 Å². The average molecular weight is 210 g/mol. The number of rotatable bonds is 4. The van der Waals surface area contributed by atoms with E-state index in [-0.39, 0.29) is 17.3 Å². The number of aromatic nitrogens is 4. The fraction of sp³-hybridized carbons (Fsp3) is 0.778. The number of aryl methyl sites for hydroxylation is 1. The van der Waals surface area contributed by atoms with Crippen LogP contribution < -0.4 is 0 Å². The summed E-state index contributed by atoms with van der Waals surface area (Å²) in [5, 5.41) is 19.8. The zero-order chi connectivity index (χ0) is 11.1. The van der Waals surface area contributed by atoms with Gasteiger partial charge in [-0.25, -0.2) is 4.68 Å². The highest BCUT2D eigenvalue weighted by Crippen LogP contribution is 2.60. The zero-order valence-electron chi connectivity index (χ0n) is 8.79. The van der Waals surface area contributed by atoms with Gasteiger partial charge in [-0.05, 0) is 28.2 Å². The molecule has 1 N–H and O–H groups in total. The van der Waals surface area contributed by atoms with Crippen molar-refractivity contribution in [2.45, 2.75) is 26.8 Å². The van der Waals surface area contributed by atoms with Crippen molar-refractivity contribution in [3.63, 3.8) is 0 Å². The van der Waals surface area contributed by atoms with Gasteiger partial charge in [-0.15, -0.1) is 5.10 Å². The molecule has 6 heteroatoms. The lowest BCUT2D eigenvalue weighted by molar-refractivity contribution is -0.139. The molecule has 0 bridgehead atoms. The molecule has 0 spiro atoms. The molecule has 0 amide bonds. The normalized spacial score (nSPS) is 27.6. The van der Waals surface area contributed by atoms with Gasteiger partial charge in [-0.3, -0.25) is 4.79 Å². The van der Waals surface area contributed by atoms with E-state index in [1.54, 1.807) is 11.0 Å². The summed E-state index contributed by atoms with van der Waals surface area (Å²) in [6.45, 7) is 4.68. The van der Waals surface area contributed by atoms with Crippen LogP contribution in [0.4, 0.5) is 0 Å². The monoisotopic (exact) mass is 210 g/mol. The molecule has 0 saturated heterocycles. The largest absolute Gasteiger partial charge is 0.481 e. The Balaban J connectivity index is 1.90. The van der Waals surface area contributed by atoms with E-state index >= 15 is 0 Å². The molecule has 1 fully saturated rings. The highest BCUT2D eigenvalue weighted by molar-refractivity contribution is 5.75. The molecule has 0 radical (unpaired) electrons. The van der Waals surface area contributed by atoms with E-state index in [0.29, 0.717) is 6.54 Å². The Morgan fingerprint density at radius 3 is 2.80 bits per heavy atom. The second kappa shape index (κ2) is 3.29. The van der Waals surface area contributed by atoms with Gasteiger partial charge >= 0.3 is 5.97 Å². The van der Waals surface area contributed by atoms with E-state index in [1.165, 1.54) is 0 Å². The number of hydrogen-bond donors (Lipinski definition) is 1. The summed E-state index contributed by atoms with van der Waals surface area (Å²) in [6.07, 6.45) is 2.36. The second-order valence-corrected chi connectivity index (χ2v) is 4.61. The molecule has 82 valence electrons. The maximum atomic E-state index is 10.9. The quantitative estimate of drug-likeness (QED) is 0.778. The molecule has 2 rings (SSSR count). The van der Waals surface area contributed by atoms with Crippen LogP contribution in [0.5, 0.6) is 0 Å². The fourth-order valence-electron chi connectivity index (χ4n) is 2.33. The number of aliphatic carboxylic acids is 1. The lowest BCUT2D eigenvalue weighted by Crippen LogP contribution is -2.04. The van der Waals surface area contributed by atoms with Gasteiger partial charge in [0.2, 0.25) is 0 Å². The van der Waals surface area contributed by atoms with Crippen LogP contribution in [0.25, 0.3) is 0 Å². The molecule has 0 unspecified atom stereocenters. The average Bonchev–Trinajstić information content (AvgIpc) is 2.55. The van der Waals surface area contributed by atoms with Gasteiger partial charge in [0.1, 0.15) is 6.33 Å². The Bertz CT molecular complexity index is 360. The molecule has 1 saturated carbocycles. The lowest BCUT2D eigenvalue weighted by atomic mass is 10.1. The maximum absolute atomic E-state index is 10.9. The Morgan fingerprint density at radius 1 is 1.60 bits per heavy atom. The van der Waals surface area contributed by atoms with Crippen molar-refractivity contribution in [1.82, 2.24) is 20.2 Å². The molecule has 1 aromatic heterocycles. The molecule has 1 aliphatic rings. The van der Waals surface area contributed by atoms with E-state index in [4.69, 9.17) is 5.11 Å². The first-order valence-electron chi connectivity index (χ1n) is 4.97. The first-order valence-corrected chi connectivity index (χ1v) is 4.97. The smallest absolute Gasteiger partial charge is 0.307 e. The minimum Gasteiger partial charge on any atom is -0.481 e. The summed E-state index contributed by atoms with van der Waals surface area (Å²) < 4.78 is 1.63. The van der Waals surface area contributed by atoms with Crippen LogP contribution in [0.15, 0.2) is 6.33 Å². The Morgan fingerprint density at radius 2 is 2.33 bits per heavy atom. The maximum Gasteiger partial charge on any atom is 0.307 e. The molecule has 0 aliphatic heterocycles. The van der Waals surface area contributed by atoms with Crippen LogP contribution in [0.3, 0.4) is 0 Å². The van der Waals surface area contributed by atoms with E-state index < -0.39 is 5.97 Å². The standard InChI is InChI=1S/C9H14N4O2/c1-9(2)6(7(9)8(14)15)3-4-13-5-10-11-12-13/h5-7H,3-4H2,1-2H3,(H,14,15)/t6-,7+/m0/s1. The Kier molecular flexibility index (Phi) is 2.21. The highest BCUT2D eigenvalue weighted by atomic mass is 16.4. The second-order valence-electron chi connectivity index (χ2n) is 4.61. The van der Waals surface area contributed by atoms with E-state index in [9.17, 15) is 4.79 Å². The third-order valence-electron chi connectivity index (χ3n) is 3.38. The summed E-state index contributed by atoms with van der Waals surface area (Å²) in [7, 11) is 0. The van der Waals surface area contributed by atoms with Gasteiger partial charge in [0.05, 0.1) is 5.92 Å². The van der Waals surface area contributed by atoms with Crippen LogP contribution in [0, 0.1) is 17.3 Å². The van der Waals surface area contributed by atoms with Crippen LogP contribution in [0.2, 0.25) is 0 Å². The number of nitrogens with zero attached hydrogens (tertiary/aromatic N) is 4. The Hall–Kier alpha value is -1.46. The minimum absolute atomic E-state index is 0.0835. The lowest BCUT2D eigenvalue weighted by Gasteiger charge is -2.01. The van der Waals surface area contributed by atoms with Crippen molar-refractivity contribution >= 4 is 5.97 Å². The first-order chi connectivity index (χ1) is 7.03.